The first-order chi connectivity index (χ1) is 14.3. The van der Waals surface area contributed by atoms with Crippen LogP contribution in [0.25, 0.3) is 0 Å². The van der Waals surface area contributed by atoms with Crippen molar-refractivity contribution in [1.29, 1.82) is 0 Å². The van der Waals surface area contributed by atoms with Gasteiger partial charge in [-0.05, 0) is 17.7 Å². The quantitative estimate of drug-likeness (QED) is 0.550. The molecule has 1 saturated heterocycles. The minimum absolute atomic E-state index is 0.0404. The number of hydrogen-bond acceptors (Lipinski definition) is 7. The maximum atomic E-state index is 13.0. The van der Waals surface area contributed by atoms with Gasteiger partial charge in [-0.1, -0.05) is 12.1 Å². The zero-order chi connectivity index (χ0) is 21.8. The van der Waals surface area contributed by atoms with Gasteiger partial charge < -0.3 is 19.9 Å². The van der Waals surface area contributed by atoms with Crippen molar-refractivity contribution in [3.8, 4) is 0 Å². The summed E-state index contributed by atoms with van der Waals surface area (Å²) in [5.74, 6) is -1.74. The third-order valence-electron chi connectivity index (χ3n) is 4.57. The maximum absolute atomic E-state index is 13.0. The van der Waals surface area contributed by atoms with Crippen LogP contribution >= 0.6 is 0 Å². The van der Waals surface area contributed by atoms with Gasteiger partial charge in [0.25, 0.3) is 11.5 Å². The van der Waals surface area contributed by atoms with E-state index in [4.69, 9.17) is 9.47 Å². The monoisotopic (exact) mass is 421 g/mol. The second-order valence-electron chi connectivity index (χ2n) is 6.71. The number of amides is 1. The summed E-state index contributed by atoms with van der Waals surface area (Å²) in [5.41, 5.74) is -1.43. The fraction of sp³-hybridized carbons (Fsp3) is 0.368. The zero-order valence-electron chi connectivity index (χ0n) is 16.0. The first kappa shape index (κ1) is 21.4. The molecule has 10 nitrogen and oxygen atoms in total. The number of H-pyrrole nitrogens is 1. The smallest absolute Gasteiger partial charge is 0.330 e. The van der Waals surface area contributed by atoms with Crippen molar-refractivity contribution in [1.82, 2.24) is 14.9 Å². The molecular weight excluding hydrogens is 401 g/mol. The molecule has 11 heteroatoms. The lowest BCUT2D eigenvalue weighted by Gasteiger charge is -2.15. The number of carbonyl (C=O) groups excluding carboxylic acids is 2. The van der Waals surface area contributed by atoms with Gasteiger partial charge in [-0.2, -0.15) is 0 Å². The van der Waals surface area contributed by atoms with Crippen molar-refractivity contribution in [2.75, 3.05) is 6.61 Å². The number of hydrogen-bond donors (Lipinski definition) is 3. The second kappa shape index (κ2) is 9.01. The van der Waals surface area contributed by atoms with Crippen LogP contribution in [0.1, 0.15) is 35.5 Å². The summed E-state index contributed by atoms with van der Waals surface area (Å²) in [6.07, 6.45) is -1.50. The Kier molecular flexibility index (Phi) is 6.43. The Morgan fingerprint density at radius 3 is 2.67 bits per heavy atom. The van der Waals surface area contributed by atoms with E-state index in [9.17, 15) is 28.7 Å². The highest BCUT2D eigenvalue weighted by Crippen LogP contribution is 2.29. The van der Waals surface area contributed by atoms with E-state index in [-0.39, 0.29) is 18.5 Å². The number of aliphatic hydroxyl groups excluding tert-OH is 1. The second-order valence-corrected chi connectivity index (χ2v) is 6.71. The summed E-state index contributed by atoms with van der Waals surface area (Å²) in [7, 11) is 0. The number of aromatic nitrogens is 2. The number of aliphatic hydroxyl groups is 1. The number of esters is 1. The predicted molar refractivity (Wildman–Crippen MR) is 100 cm³/mol. The van der Waals surface area contributed by atoms with Crippen LogP contribution in [0.15, 0.2) is 40.1 Å². The number of aromatic amines is 1. The van der Waals surface area contributed by atoms with Crippen LogP contribution in [0.3, 0.4) is 0 Å². The molecule has 160 valence electrons. The summed E-state index contributed by atoms with van der Waals surface area (Å²) in [5, 5.41) is 11.9. The van der Waals surface area contributed by atoms with Crippen molar-refractivity contribution in [2.45, 2.75) is 38.3 Å². The predicted octanol–water partition coefficient (Wildman–Crippen LogP) is -0.183. The number of ether oxygens (including phenoxy) is 2. The maximum Gasteiger partial charge on any atom is 0.330 e. The van der Waals surface area contributed by atoms with E-state index >= 15 is 0 Å². The highest BCUT2D eigenvalue weighted by atomic mass is 19.1. The van der Waals surface area contributed by atoms with Gasteiger partial charge in [0, 0.05) is 26.1 Å². The first-order valence-corrected chi connectivity index (χ1v) is 9.10. The van der Waals surface area contributed by atoms with Crippen molar-refractivity contribution in [2.24, 2.45) is 0 Å². The molecule has 1 aliphatic heterocycles. The van der Waals surface area contributed by atoms with Crippen LogP contribution in [0.5, 0.6) is 0 Å². The van der Waals surface area contributed by atoms with E-state index in [2.05, 4.69) is 10.3 Å². The molecule has 1 aromatic carbocycles. The van der Waals surface area contributed by atoms with Gasteiger partial charge >= 0.3 is 11.7 Å². The fourth-order valence-corrected chi connectivity index (χ4v) is 3.11. The standard InChI is InChI=1S/C19H20FN3O7/c1-10(25)29-14-6-16(30-15(14)9-24)23-8-13(18(27)22-19(23)28)17(26)21-7-11-2-4-12(20)5-3-11/h2-5,8,14-16,24H,6-7,9H2,1H3,(H,21,26)(H,22,27,28)/t14-,15-,16-/m1/s1. The van der Waals surface area contributed by atoms with Crippen LogP contribution in [-0.4, -0.2) is 45.3 Å². The minimum atomic E-state index is -0.959. The largest absolute Gasteiger partial charge is 0.460 e. The Balaban J connectivity index is 1.79. The summed E-state index contributed by atoms with van der Waals surface area (Å²) >= 11 is 0. The number of nitrogens with one attached hydrogen (secondary N) is 2. The highest BCUT2D eigenvalue weighted by Gasteiger charge is 2.38. The molecule has 1 fully saturated rings. The molecule has 3 atom stereocenters. The molecule has 1 amide bonds. The van der Waals surface area contributed by atoms with Gasteiger partial charge in [-0.25, -0.2) is 9.18 Å². The van der Waals surface area contributed by atoms with Crippen molar-refractivity contribution in [3.05, 3.63) is 68.2 Å². The molecule has 3 N–H and O–H groups in total. The Hall–Kier alpha value is -3.31. The van der Waals surface area contributed by atoms with E-state index < -0.39 is 54.0 Å². The van der Waals surface area contributed by atoms with Crippen LogP contribution in [0, 0.1) is 5.82 Å². The fourth-order valence-electron chi connectivity index (χ4n) is 3.11. The third-order valence-corrected chi connectivity index (χ3v) is 4.57. The van der Waals surface area contributed by atoms with Crippen molar-refractivity contribution < 1.29 is 28.6 Å². The van der Waals surface area contributed by atoms with Crippen LogP contribution in [0.2, 0.25) is 0 Å². The van der Waals surface area contributed by atoms with E-state index in [0.29, 0.717) is 5.56 Å². The van der Waals surface area contributed by atoms with Gasteiger partial charge in [-0.3, -0.25) is 23.9 Å². The lowest BCUT2D eigenvalue weighted by atomic mass is 10.2. The molecule has 1 aromatic heterocycles. The van der Waals surface area contributed by atoms with E-state index in [1.165, 1.54) is 31.2 Å². The van der Waals surface area contributed by atoms with Crippen LogP contribution in [0.4, 0.5) is 4.39 Å². The molecule has 2 aromatic rings. The topological polar surface area (TPSA) is 140 Å². The van der Waals surface area contributed by atoms with Crippen LogP contribution in [-0.2, 0) is 20.8 Å². The average molecular weight is 421 g/mol. The summed E-state index contributed by atoms with van der Waals surface area (Å²) in [6, 6.07) is 5.45. The van der Waals surface area contributed by atoms with Gasteiger partial charge in [-0.15, -0.1) is 0 Å². The first-order valence-electron chi connectivity index (χ1n) is 9.10. The van der Waals surface area contributed by atoms with Crippen molar-refractivity contribution >= 4 is 11.9 Å². The Morgan fingerprint density at radius 1 is 1.33 bits per heavy atom. The molecule has 0 aliphatic carbocycles. The third kappa shape index (κ3) is 4.81. The van der Waals surface area contributed by atoms with Gasteiger partial charge in [0.15, 0.2) is 0 Å². The molecule has 0 radical (unpaired) electrons. The summed E-state index contributed by atoms with van der Waals surface area (Å²) < 4.78 is 24.6. The van der Waals surface area contributed by atoms with Crippen LogP contribution < -0.4 is 16.6 Å². The molecule has 0 spiro atoms. The number of nitrogens with zero attached hydrogens (tertiary/aromatic N) is 1. The Bertz CT molecular complexity index is 1050. The van der Waals surface area contributed by atoms with E-state index in [1.54, 1.807) is 0 Å². The molecule has 30 heavy (non-hydrogen) atoms. The molecule has 0 unspecified atom stereocenters. The molecule has 0 bridgehead atoms. The van der Waals surface area contributed by atoms with E-state index in [0.717, 1.165) is 10.8 Å². The van der Waals surface area contributed by atoms with E-state index in [1.807, 2.05) is 0 Å². The number of carbonyl (C=O) groups is 2. The summed E-state index contributed by atoms with van der Waals surface area (Å²) in [4.78, 5) is 50.0. The van der Waals surface area contributed by atoms with Gasteiger partial charge in [0.1, 0.15) is 29.8 Å². The Morgan fingerprint density at radius 2 is 2.03 bits per heavy atom. The molecule has 1 aliphatic rings. The SMILES string of the molecule is CC(=O)O[C@@H]1C[C@H](n2cc(C(=O)NCc3ccc(F)cc3)c(=O)[nH]c2=O)O[C@@H]1CO. The normalized spacial score (nSPS) is 20.7. The average Bonchev–Trinajstić information content (AvgIpc) is 3.09. The van der Waals surface area contributed by atoms with Crippen molar-refractivity contribution in [3.63, 3.8) is 0 Å². The summed E-state index contributed by atoms with van der Waals surface area (Å²) in [6.45, 7) is 0.799. The molecule has 3 rings (SSSR count). The van der Waals surface area contributed by atoms with Gasteiger partial charge in [0.05, 0.1) is 6.61 Å². The number of benzene rings is 1. The highest BCUT2D eigenvalue weighted by molar-refractivity contribution is 5.93. The number of halogens is 1. The van der Waals surface area contributed by atoms with Gasteiger partial charge in [0.2, 0.25) is 0 Å². The lowest BCUT2D eigenvalue weighted by Crippen LogP contribution is -2.38. The minimum Gasteiger partial charge on any atom is -0.460 e. The zero-order valence-corrected chi connectivity index (χ0v) is 16.0. The molecule has 2 heterocycles. The Labute approximate surface area is 169 Å². The lowest BCUT2D eigenvalue weighted by molar-refractivity contribution is -0.150. The number of rotatable bonds is 6. The molecular formula is C19H20FN3O7. The molecule has 0 saturated carbocycles.